The summed E-state index contributed by atoms with van der Waals surface area (Å²) in [5.41, 5.74) is 1.03. The largest absolute Gasteiger partial charge is 0.484 e. The summed E-state index contributed by atoms with van der Waals surface area (Å²) < 4.78 is 83.7. The van der Waals surface area contributed by atoms with Crippen molar-refractivity contribution in [3.8, 4) is 11.5 Å². The van der Waals surface area contributed by atoms with Gasteiger partial charge in [-0.15, -0.1) is 0 Å². The third kappa shape index (κ3) is 8.76. The Morgan fingerprint density at radius 3 is 1.87 bits per heavy atom. The Morgan fingerprint density at radius 2 is 1.40 bits per heavy atom. The zero-order chi connectivity index (χ0) is 22.4. The molecular formula is C19H18F6N2O2S. The molecule has 0 aromatic heterocycles. The molecule has 1 unspecified atom stereocenters. The second-order valence-corrected chi connectivity index (χ2v) is 6.64. The monoisotopic (exact) mass is 452 g/mol. The third-order valence-corrected chi connectivity index (χ3v) is 3.81. The molecule has 2 N–H and O–H groups in total. The molecule has 0 bridgehead atoms. The predicted molar refractivity (Wildman–Crippen MR) is 104 cm³/mol. The fourth-order valence-corrected chi connectivity index (χ4v) is 2.62. The maximum absolute atomic E-state index is 12.4. The molecule has 0 saturated carbocycles. The van der Waals surface area contributed by atoms with Crippen molar-refractivity contribution >= 4 is 23.0 Å². The number of alkyl halides is 6. The molecule has 1 atom stereocenters. The molecule has 4 nitrogen and oxygen atoms in total. The predicted octanol–water partition coefficient (Wildman–Crippen LogP) is 5.62. The first-order chi connectivity index (χ1) is 13.9. The molecule has 0 aliphatic carbocycles. The van der Waals surface area contributed by atoms with Gasteiger partial charge in [0.05, 0.1) is 6.04 Å². The number of hydrogen-bond donors (Lipinski definition) is 2. The van der Waals surface area contributed by atoms with Gasteiger partial charge in [0.1, 0.15) is 11.5 Å². The Kier molecular flexibility index (Phi) is 7.77. The lowest BCUT2D eigenvalue weighted by Crippen LogP contribution is -2.31. The molecule has 0 heterocycles. The minimum Gasteiger partial charge on any atom is -0.484 e. The third-order valence-electron chi connectivity index (χ3n) is 3.59. The van der Waals surface area contributed by atoms with Gasteiger partial charge in [-0.2, -0.15) is 26.3 Å². The van der Waals surface area contributed by atoms with Gasteiger partial charge in [0.25, 0.3) is 0 Å². The average Bonchev–Trinajstić information content (AvgIpc) is 2.64. The van der Waals surface area contributed by atoms with E-state index in [4.69, 9.17) is 12.2 Å². The minimum absolute atomic E-state index is 0.101. The van der Waals surface area contributed by atoms with E-state index in [1.165, 1.54) is 12.1 Å². The Bertz CT molecular complexity index is 807. The van der Waals surface area contributed by atoms with Crippen molar-refractivity contribution in [2.75, 3.05) is 18.5 Å². The molecular weight excluding hydrogens is 434 g/mol. The van der Waals surface area contributed by atoms with Crippen LogP contribution in [-0.4, -0.2) is 30.7 Å². The molecule has 164 valence electrons. The van der Waals surface area contributed by atoms with Crippen molar-refractivity contribution in [2.24, 2.45) is 0 Å². The Balaban J connectivity index is 2.12. The molecule has 2 aromatic rings. The number of anilines is 1. The SMILES string of the molecule is CC(NC(=S)Nc1cc(OCC(F)(F)F)cc(OCC(F)(F)F)c1)c1ccccc1. The summed E-state index contributed by atoms with van der Waals surface area (Å²) in [6, 6.07) is 12.4. The molecule has 11 heteroatoms. The number of halogens is 6. The van der Waals surface area contributed by atoms with Gasteiger partial charge in [-0.25, -0.2) is 0 Å². The first-order valence-electron chi connectivity index (χ1n) is 8.58. The van der Waals surface area contributed by atoms with Crippen LogP contribution in [0.5, 0.6) is 11.5 Å². The van der Waals surface area contributed by atoms with E-state index in [9.17, 15) is 26.3 Å². The lowest BCUT2D eigenvalue weighted by atomic mass is 10.1. The van der Waals surface area contributed by atoms with Gasteiger partial charge >= 0.3 is 12.4 Å². The van der Waals surface area contributed by atoms with E-state index in [-0.39, 0.29) is 28.3 Å². The van der Waals surface area contributed by atoms with Crippen LogP contribution in [0.25, 0.3) is 0 Å². The number of rotatable bonds is 7. The van der Waals surface area contributed by atoms with Crippen LogP contribution in [0.15, 0.2) is 48.5 Å². The number of nitrogens with one attached hydrogen (secondary N) is 2. The summed E-state index contributed by atoms with van der Waals surface area (Å²) in [7, 11) is 0. The quantitative estimate of drug-likeness (QED) is 0.422. The van der Waals surface area contributed by atoms with Crippen LogP contribution in [0.2, 0.25) is 0 Å². The van der Waals surface area contributed by atoms with Crippen molar-refractivity contribution in [1.29, 1.82) is 0 Å². The smallest absolute Gasteiger partial charge is 0.422 e. The molecule has 0 spiro atoms. The summed E-state index contributed by atoms with van der Waals surface area (Å²) in [5, 5.41) is 5.80. The van der Waals surface area contributed by atoms with E-state index in [0.717, 1.165) is 11.6 Å². The van der Waals surface area contributed by atoms with Gasteiger partial charge in [-0.1, -0.05) is 30.3 Å². The maximum Gasteiger partial charge on any atom is 0.422 e. The van der Waals surface area contributed by atoms with Gasteiger partial charge in [-0.3, -0.25) is 0 Å². The lowest BCUT2D eigenvalue weighted by Gasteiger charge is -2.19. The maximum atomic E-state index is 12.4. The van der Waals surface area contributed by atoms with E-state index in [0.29, 0.717) is 0 Å². The number of thiocarbonyl (C=S) groups is 1. The molecule has 0 aliphatic rings. The average molecular weight is 452 g/mol. The zero-order valence-corrected chi connectivity index (χ0v) is 16.4. The second kappa shape index (κ2) is 9.88. The van der Waals surface area contributed by atoms with Gasteiger partial charge in [0.2, 0.25) is 0 Å². The standard InChI is InChI=1S/C19H18F6N2O2S/c1-12(13-5-3-2-4-6-13)26-17(30)27-14-7-15(28-10-18(20,21)22)9-16(8-14)29-11-19(23,24)25/h2-9,12H,10-11H2,1H3,(H2,26,27,30). The molecule has 2 rings (SSSR count). The van der Waals surface area contributed by atoms with Crippen LogP contribution < -0.4 is 20.1 Å². The van der Waals surface area contributed by atoms with Crippen molar-refractivity contribution in [3.05, 3.63) is 54.1 Å². The Labute approximate surface area is 174 Å². The lowest BCUT2D eigenvalue weighted by molar-refractivity contribution is -0.153. The van der Waals surface area contributed by atoms with Gasteiger partial charge < -0.3 is 20.1 Å². The second-order valence-electron chi connectivity index (χ2n) is 6.23. The Morgan fingerprint density at radius 1 is 0.900 bits per heavy atom. The summed E-state index contributed by atoms with van der Waals surface area (Å²) >= 11 is 5.18. The zero-order valence-electron chi connectivity index (χ0n) is 15.6. The molecule has 2 aromatic carbocycles. The molecule has 0 aliphatic heterocycles. The summed E-state index contributed by atoms with van der Waals surface area (Å²) in [6.45, 7) is -1.38. The molecule has 0 amide bonds. The highest BCUT2D eigenvalue weighted by Gasteiger charge is 2.30. The van der Waals surface area contributed by atoms with Crippen LogP contribution >= 0.6 is 12.2 Å². The van der Waals surface area contributed by atoms with Crippen molar-refractivity contribution < 1.29 is 35.8 Å². The van der Waals surface area contributed by atoms with E-state index in [1.807, 2.05) is 37.3 Å². The first-order valence-corrected chi connectivity index (χ1v) is 8.99. The Hall–Kier alpha value is -2.69. The molecule has 30 heavy (non-hydrogen) atoms. The summed E-state index contributed by atoms with van der Waals surface area (Å²) in [6.07, 6.45) is -9.23. The molecule has 0 radical (unpaired) electrons. The normalized spacial score (nSPS) is 12.8. The van der Waals surface area contributed by atoms with Crippen LogP contribution in [0.4, 0.5) is 32.0 Å². The van der Waals surface area contributed by atoms with E-state index >= 15 is 0 Å². The minimum atomic E-state index is -4.61. The summed E-state index contributed by atoms with van der Waals surface area (Å²) in [4.78, 5) is 0. The highest BCUT2D eigenvalue weighted by Crippen LogP contribution is 2.29. The van der Waals surface area contributed by atoms with Crippen molar-refractivity contribution in [2.45, 2.75) is 25.3 Å². The number of hydrogen-bond acceptors (Lipinski definition) is 3. The van der Waals surface area contributed by atoms with Crippen LogP contribution in [0, 0.1) is 0 Å². The van der Waals surface area contributed by atoms with Crippen LogP contribution in [-0.2, 0) is 0 Å². The topological polar surface area (TPSA) is 42.5 Å². The fraction of sp³-hybridized carbons (Fsp3) is 0.316. The van der Waals surface area contributed by atoms with Crippen LogP contribution in [0.1, 0.15) is 18.5 Å². The first kappa shape index (κ1) is 23.6. The van der Waals surface area contributed by atoms with Crippen molar-refractivity contribution in [3.63, 3.8) is 0 Å². The fourth-order valence-electron chi connectivity index (χ4n) is 2.33. The highest BCUT2D eigenvalue weighted by molar-refractivity contribution is 7.80. The summed E-state index contributed by atoms with van der Waals surface area (Å²) in [5.74, 6) is -0.651. The molecule has 0 fully saturated rings. The number of benzene rings is 2. The molecule has 0 saturated heterocycles. The van der Waals surface area contributed by atoms with E-state index in [2.05, 4.69) is 20.1 Å². The van der Waals surface area contributed by atoms with E-state index < -0.39 is 25.6 Å². The van der Waals surface area contributed by atoms with Crippen molar-refractivity contribution in [1.82, 2.24) is 5.32 Å². The van der Waals surface area contributed by atoms with Crippen LogP contribution in [0.3, 0.4) is 0 Å². The highest BCUT2D eigenvalue weighted by atomic mass is 32.1. The van der Waals surface area contributed by atoms with Gasteiger partial charge in [-0.05, 0) is 24.7 Å². The van der Waals surface area contributed by atoms with Gasteiger partial charge in [0.15, 0.2) is 18.3 Å². The van der Waals surface area contributed by atoms with E-state index in [1.54, 1.807) is 0 Å². The number of ether oxygens (including phenoxy) is 2. The van der Waals surface area contributed by atoms with Gasteiger partial charge in [0, 0.05) is 23.9 Å².